The van der Waals surface area contributed by atoms with E-state index in [1.54, 1.807) is 18.5 Å². The molecular formula is C20H29N5O. The number of carbonyl (C=O) groups excluding carboxylic acids is 1. The molecule has 1 saturated heterocycles. The van der Waals surface area contributed by atoms with Crippen molar-refractivity contribution in [1.29, 1.82) is 0 Å². The zero-order chi connectivity index (χ0) is 19.1. The van der Waals surface area contributed by atoms with Crippen LogP contribution in [0, 0.1) is 12.8 Å². The summed E-state index contributed by atoms with van der Waals surface area (Å²) in [6.45, 7) is 9.27. The Kier molecular flexibility index (Phi) is 7.21. The van der Waals surface area contributed by atoms with Gasteiger partial charge in [-0.3, -0.25) is 4.79 Å². The lowest BCUT2D eigenvalue weighted by atomic mass is 9.92. The maximum atomic E-state index is 13.2. The molecule has 140 valence electrons. The molecule has 0 radical (unpaired) electrons. The molecule has 1 fully saturated rings. The van der Waals surface area contributed by atoms with Crippen LogP contribution in [0.15, 0.2) is 30.6 Å². The van der Waals surface area contributed by atoms with Crippen LogP contribution in [0.3, 0.4) is 0 Å². The zero-order valence-electron chi connectivity index (χ0n) is 16.1. The molecule has 1 aliphatic heterocycles. The van der Waals surface area contributed by atoms with Gasteiger partial charge in [-0.1, -0.05) is 20.8 Å². The molecule has 6 nitrogen and oxygen atoms in total. The van der Waals surface area contributed by atoms with Crippen LogP contribution >= 0.6 is 0 Å². The summed E-state index contributed by atoms with van der Waals surface area (Å²) in [5.41, 5.74) is 7.79. The summed E-state index contributed by atoms with van der Waals surface area (Å²) in [5, 5.41) is 0. The third-order valence-electron chi connectivity index (χ3n) is 4.55. The van der Waals surface area contributed by atoms with Gasteiger partial charge in [0.15, 0.2) is 5.82 Å². The number of hydrogen-bond acceptors (Lipinski definition) is 5. The van der Waals surface area contributed by atoms with Crippen LogP contribution in [0.4, 0.5) is 0 Å². The molecule has 2 N–H and O–H groups in total. The van der Waals surface area contributed by atoms with Crippen molar-refractivity contribution < 1.29 is 4.79 Å². The zero-order valence-corrected chi connectivity index (χ0v) is 16.1. The number of nitrogens with zero attached hydrogens (tertiary/aromatic N) is 4. The van der Waals surface area contributed by atoms with Gasteiger partial charge in [-0.15, -0.1) is 0 Å². The fraction of sp³-hybridized carbons (Fsp3) is 0.500. The molecule has 6 heteroatoms. The van der Waals surface area contributed by atoms with E-state index in [-0.39, 0.29) is 11.9 Å². The Morgan fingerprint density at radius 1 is 1.27 bits per heavy atom. The van der Waals surface area contributed by atoms with Gasteiger partial charge in [-0.25, -0.2) is 15.0 Å². The molecule has 26 heavy (non-hydrogen) atoms. The van der Waals surface area contributed by atoms with Crippen LogP contribution in [-0.4, -0.2) is 44.9 Å². The van der Waals surface area contributed by atoms with E-state index in [0.29, 0.717) is 36.1 Å². The van der Waals surface area contributed by atoms with Crippen molar-refractivity contribution in [2.75, 3.05) is 13.1 Å². The Morgan fingerprint density at radius 2 is 1.96 bits per heavy atom. The van der Waals surface area contributed by atoms with Crippen LogP contribution in [0.5, 0.6) is 0 Å². The molecule has 1 aliphatic rings. The van der Waals surface area contributed by atoms with Gasteiger partial charge in [0.1, 0.15) is 5.69 Å². The van der Waals surface area contributed by atoms with Crippen LogP contribution < -0.4 is 5.73 Å². The fourth-order valence-corrected chi connectivity index (χ4v) is 3.22. The largest absolute Gasteiger partial charge is 0.333 e. The Morgan fingerprint density at radius 3 is 2.62 bits per heavy atom. The van der Waals surface area contributed by atoms with Gasteiger partial charge in [0.25, 0.3) is 5.91 Å². The number of nitrogens with two attached hydrogens (primary N) is 1. The van der Waals surface area contributed by atoms with E-state index in [1.165, 1.54) is 0 Å². The van der Waals surface area contributed by atoms with Gasteiger partial charge < -0.3 is 10.6 Å². The van der Waals surface area contributed by atoms with E-state index in [2.05, 4.69) is 21.9 Å². The molecule has 2 atom stereocenters. The van der Waals surface area contributed by atoms with E-state index in [9.17, 15) is 4.79 Å². The number of carbonyl (C=O) groups is 1. The summed E-state index contributed by atoms with van der Waals surface area (Å²) < 4.78 is 0. The first-order chi connectivity index (χ1) is 12.6. The van der Waals surface area contributed by atoms with Crippen LogP contribution in [0.2, 0.25) is 0 Å². The topological polar surface area (TPSA) is 85.0 Å². The Balaban J connectivity index is 0.00000117. The molecule has 3 heterocycles. The number of likely N-dealkylation sites (tertiary alicyclic amines) is 1. The van der Waals surface area contributed by atoms with Crippen LogP contribution in [0.25, 0.3) is 11.4 Å². The van der Waals surface area contributed by atoms with Gasteiger partial charge in [0.05, 0.1) is 5.56 Å². The Labute approximate surface area is 155 Å². The number of aryl methyl sites for hydroxylation is 1. The van der Waals surface area contributed by atoms with Gasteiger partial charge in [-0.2, -0.15) is 0 Å². The average molecular weight is 355 g/mol. The van der Waals surface area contributed by atoms with E-state index in [4.69, 9.17) is 5.73 Å². The van der Waals surface area contributed by atoms with Crippen molar-refractivity contribution in [3.05, 3.63) is 42.0 Å². The highest BCUT2D eigenvalue weighted by atomic mass is 16.2. The second-order valence-electron chi connectivity index (χ2n) is 6.44. The van der Waals surface area contributed by atoms with Crippen molar-refractivity contribution in [3.8, 4) is 11.4 Å². The molecule has 1 amide bonds. The summed E-state index contributed by atoms with van der Waals surface area (Å²) in [5.74, 6) is 1.02. The molecule has 0 spiro atoms. The van der Waals surface area contributed by atoms with Gasteiger partial charge in [0, 0.05) is 37.2 Å². The number of piperidine rings is 1. The highest BCUT2D eigenvalue weighted by Crippen LogP contribution is 2.26. The first-order valence-electron chi connectivity index (χ1n) is 9.36. The predicted molar refractivity (Wildman–Crippen MR) is 104 cm³/mol. The molecular weight excluding hydrogens is 326 g/mol. The standard InChI is InChI=1S/C18H23N5O.C2H6/c1-12-6-9-23(14(10-12)11-19)18(24)16-15(5-4-13(2)22-16)17-20-7-3-8-21-17;1-2/h3-5,7-8,12,14H,6,9-11,19H2,1-2H3;1-2H3/t12-,14?;/m0./s1. The molecule has 0 aromatic carbocycles. The summed E-state index contributed by atoms with van der Waals surface area (Å²) in [6, 6.07) is 5.56. The third kappa shape index (κ3) is 4.43. The number of hydrogen-bond donors (Lipinski definition) is 1. The lowest BCUT2D eigenvalue weighted by molar-refractivity contribution is 0.0568. The molecule has 3 rings (SSSR count). The lowest BCUT2D eigenvalue weighted by Crippen LogP contribution is -2.49. The maximum Gasteiger partial charge on any atom is 0.273 e. The molecule has 2 aromatic heterocycles. The minimum Gasteiger partial charge on any atom is -0.333 e. The van der Waals surface area contributed by atoms with Crippen LogP contribution in [-0.2, 0) is 0 Å². The van der Waals surface area contributed by atoms with Gasteiger partial charge >= 0.3 is 0 Å². The minimum atomic E-state index is -0.0801. The molecule has 2 aromatic rings. The van der Waals surface area contributed by atoms with Gasteiger partial charge in [-0.05, 0) is 43.9 Å². The average Bonchev–Trinajstić information content (AvgIpc) is 2.69. The number of aromatic nitrogens is 3. The number of rotatable bonds is 3. The second kappa shape index (κ2) is 9.38. The Hall–Kier alpha value is -2.34. The monoisotopic (exact) mass is 355 g/mol. The Bertz CT molecular complexity index is 719. The minimum absolute atomic E-state index is 0.0631. The summed E-state index contributed by atoms with van der Waals surface area (Å²) >= 11 is 0. The van der Waals surface area contributed by atoms with Gasteiger partial charge in [0.2, 0.25) is 0 Å². The van der Waals surface area contributed by atoms with Crippen molar-refractivity contribution in [1.82, 2.24) is 19.9 Å². The van der Waals surface area contributed by atoms with Crippen molar-refractivity contribution >= 4 is 5.91 Å². The first-order valence-corrected chi connectivity index (χ1v) is 9.36. The SMILES string of the molecule is CC.Cc1ccc(-c2ncccn2)c(C(=O)N2CC[C@H](C)CC2CN)n1. The summed E-state index contributed by atoms with van der Waals surface area (Å²) in [7, 11) is 0. The third-order valence-corrected chi connectivity index (χ3v) is 4.55. The molecule has 0 bridgehead atoms. The number of amides is 1. The normalized spacial score (nSPS) is 19.5. The van der Waals surface area contributed by atoms with E-state index in [1.807, 2.05) is 37.8 Å². The maximum absolute atomic E-state index is 13.2. The van der Waals surface area contributed by atoms with Crippen molar-refractivity contribution in [2.45, 2.75) is 46.6 Å². The summed E-state index contributed by atoms with van der Waals surface area (Å²) in [6.07, 6.45) is 5.26. The molecule has 0 saturated carbocycles. The fourth-order valence-electron chi connectivity index (χ4n) is 3.22. The van der Waals surface area contributed by atoms with Crippen molar-refractivity contribution in [2.24, 2.45) is 11.7 Å². The second-order valence-corrected chi connectivity index (χ2v) is 6.44. The van der Waals surface area contributed by atoms with Crippen LogP contribution in [0.1, 0.15) is 49.8 Å². The quantitative estimate of drug-likeness (QED) is 0.914. The lowest BCUT2D eigenvalue weighted by Gasteiger charge is -2.38. The predicted octanol–water partition coefficient (Wildman–Crippen LogP) is 3.07. The van der Waals surface area contributed by atoms with E-state index >= 15 is 0 Å². The van der Waals surface area contributed by atoms with E-state index in [0.717, 1.165) is 18.5 Å². The van der Waals surface area contributed by atoms with E-state index < -0.39 is 0 Å². The number of pyridine rings is 1. The highest BCUT2D eigenvalue weighted by Gasteiger charge is 2.31. The smallest absolute Gasteiger partial charge is 0.273 e. The summed E-state index contributed by atoms with van der Waals surface area (Å²) in [4.78, 5) is 28.1. The molecule has 1 unspecified atom stereocenters. The highest BCUT2D eigenvalue weighted by molar-refractivity contribution is 5.98. The van der Waals surface area contributed by atoms with Crippen molar-refractivity contribution in [3.63, 3.8) is 0 Å². The first kappa shape index (κ1) is 20.0. The molecule has 0 aliphatic carbocycles.